The van der Waals surface area contributed by atoms with Crippen LogP contribution in [-0.4, -0.2) is 26.5 Å². The molecule has 1 aromatic heterocycles. The molecule has 112 valence electrons. The molecule has 2 aromatic rings. The quantitative estimate of drug-likeness (QED) is 0.746. The van der Waals surface area contributed by atoms with Gasteiger partial charge in [0.2, 0.25) is 10.0 Å². The fraction of sp³-hybridized carbons (Fsp3) is 0.154. The van der Waals surface area contributed by atoms with Gasteiger partial charge in [-0.25, -0.2) is 17.9 Å². The van der Waals surface area contributed by atoms with Crippen molar-refractivity contribution in [2.45, 2.75) is 11.4 Å². The first-order chi connectivity index (χ1) is 9.94. The monoisotopic (exact) mass is 310 g/mol. The summed E-state index contributed by atoms with van der Waals surface area (Å²) in [5, 5.41) is 11.9. The fourth-order valence-corrected chi connectivity index (χ4v) is 2.66. The molecule has 0 aliphatic rings. The molecule has 0 fully saturated rings. The Kier molecular flexibility index (Phi) is 4.29. The molecule has 0 radical (unpaired) electrons. The number of carboxylic acids is 1. The Morgan fingerprint density at radius 1 is 1.33 bits per heavy atom. The van der Waals surface area contributed by atoms with Crippen LogP contribution in [0, 0.1) is 0 Å². The molecular weight excluding hydrogens is 296 g/mol. The van der Waals surface area contributed by atoms with Crippen LogP contribution in [0.25, 0.3) is 0 Å². The zero-order valence-electron chi connectivity index (χ0n) is 11.2. The van der Waals surface area contributed by atoms with E-state index >= 15 is 0 Å². The molecule has 8 heteroatoms. The average molecular weight is 310 g/mol. The number of hydrogen-bond acceptors (Lipinski definition) is 5. The van der Waals surface area contributed by atoms with Gasteiger partial charge in [-0.2, -0.15) is 0 Å². The van der Waals surface area contributed by atoms with Gasteiger partial charge in [-0.1, -0.05) is 0 Å². The minimum Gasteiger partial charge on any atom is -0.478 e. The average Bonchev–Trinajstić information content (AvgIpc) is 2.98. The lowest BCUT2D eigenvalue weighted by Crippen LogP contribution is -2.20. The molecule has 21 heavy (non-hydrogen) atoms. The van der Waals surface area contributed by atoms with E-state index in [4.69, 9.17) is 9.52 Å². The van der Waals surface area contributed by atoms with Crippen molar-refractivity contribution in [3.05, 3.63) is 47.9 Å². The van der Waals surface area contributed by atoms with Crippen LogP contribution in [0.3, 0.4) is 0 Å². The van der Waals surface area contributed by atoms with Crippen LogP contribution >= 0.6 is 0 Å². The van der Waals surface area contributed by atoms with E-state index in [0.717, 1.165) is 6.07 Å². The first-order valence-corrected chi connectivity index (χ1v) is 7.49. The first-order valence-electron chi connectivity index (χ1n) is 6.01. The standard InChI is InChI=1S/C13H14N2O5S/c1-14-21(18,19)12-7-9(13(16)17)4-5-11(12)15-8-10-3-2-6-20-10/h2-7,14-15H,8H2,1H3,(H,16,17). The van der Waals surface area contributed by atoms with Crippen molar-refractivity contribution in [1.82, 2.24) is 4.72 Å². The van der Waals surface area contributed by atoms with Gasteiger partial charge in [0.05, 0.1) is 24.1 Å². The van der Waals surface area contributed by atoms with E-state index in [0.29, 0.717) is 11.4 Å². The maximum atomic E-state index is 12.0. The number of furan rings is 1. The van der Waals surface area contributed by atoms with E-state index in [2.05, 4.69) is 10.0 Å². The molecule has 0 saturated carbocycles. The number of benzene rings is 1. The number of rotatable bonds is 6. The van der Waals surface area contributed by atoms with Gasteiger partial charge in [0.15, 0.2) is 0 Å². The summed E-state index contributed by atoms with van der Waals surface area (Å²) in [5.41, 5.74) is 0.193. The largest absolute Gasteiger partial charge is 0.478 e. The van der Waals surface area contributed by atoms with Crippen LogP contribution in [0.1, 0.15) is 16.1 Å². The van der Waals surface area contributed by atoms with Crippen molar-refractivity contribution >= 4 is 21.7 Å². The predicted octanol–water partition coefficient (Wildman–Crippen LogP) is 1.50. The molecule has 0 amide bonds. The number of anilines is 1. The van der Waals surface area contributed by atoms with E-state index < -0.39 is 16.0 Å². The molecule has 2 rings (SSSR count). The smallest absolute Gasteiger partial charge is 0.335 e. The van der Waals surface area contributed by atoms with Gasteiger partial charge in [0, 0.05) is 0 Å². The van der Waals surface area contributed by atoms with E-state index in [9.17, 15) is 13.2 Å². The van der Waals surface area contributed by atoms with Crippen LogP contribution in [-0.2, 0) is 16.6 Å². The van der Waals surface area contributed by atoms with Gasteiger partial charge >= 0.3 is 5.97 Å². The van der Waals surface area contributed by atoms with Crippen LogP contribution in [0.2, 0.25) is 0 Å². The van der Waals surface area contributed by atoms with Crippen LogP contribution in [0.4, 0.5) is 5.69 Å². The predicted molar refractivity (Wildman–Crippen MR) is 75.7 cm³/mol. The third-order valence-corrected chi connectivity index (χ3v) is 4.27. The van der Waals surface area contributed by atoms with Gasteiger partial charge in [-0.05, 0) is 37.4 Å². The second-order valence-electron chi connectivity index (χ2n) is 4.16. The molecule has 1 aromatic carbocycles. The Balaban J connectivity index is 2.37. The Hall–Kier alpha value is -2.32. The maximum Gasteiger partial charge on any atom is 0.335 e. The van der Waals surface area contributed by atoms with Gasteiger partial charge < -0.3 is 14.8 Å². The summed E-state index contributed by atoms with van der Waals surface area (Å²) in [4.78, 5) is 10.8. The third kappa shape index (κ3) is 3.41. The second kappa shape index (κ2) is 5.98. The van der Waals surface area contributed by atoms with E-state index in [1.165, 1.54) is 25.4 Å². The zero-order chi connectivity index (χ0) is 15.5. The topological polar surface area (TPSA) is 109 Å². The molecule has 0 unspecified atom stereocenters. The van der Waals surface area contributed by atoms with Crippen molar-refractivity contribution in [3.8, 4) is 0 Å². The lowest BCUT2D eigenvalue weighted by Gasteiger charge is -2.12. The molecular formula is C13H14N2O5S. The Morgan fingerprint density at radius 3 is 2.67 bits per heavy atom. The van der Waals surface area contributed by atoms with Crippen molar-refractivity contribution in [3.63, 3.8) is 0 Å². The van der Waals surface area contributed by atoms with E-state index in [1.807, 2.05) is 0 Å². The summed E-state index contributed by atoms with van der Waals surface area (Å²) in [7, 11) is -2.52. The van der Waals surface area contributed by atoms with Gasteiger partial charge in [-0.3, -0.25) is 0 Å². The number of nitrogens with one attached hydrogen (secondary N) is 2. The van der Waals surface area contributed by atoms with Crippen molar-refractivity contribution in [2.24, 2.45) is 0 Å². The minimum absolute atomic E-state index is 0.104. The van der Waals surface area contributed by atoms with Gasteiger partial charge in [0.1, 0.15) is 10.7 Å². The number of aromatic carboxylic acids is 1. The number of sulfonamides is 1. The molecule has 0 aliphatic heterocycles. The highest BCUT2D eigenvalue weighted by Gasteiger charge is 2.19. The Labute approximate surface area is 121 Å². The van der Waals surface area contributed by atoms with Crippen molar-refractivity contribution in [2.75, 3.05) is 12.4 Å². The van der Waals surface area contributed by atoms with Crippen molar-refractivity contribution in [1.29, 1.82) is 0 Å². The van der Waals surface area contributed by atoms with Gasteiger partial charge in [0.25, 0.3) is 0 Å². The van der Waals surface area contributed by atoms with Crippen LogP contribution < -0.4 is 10.0 Å². The summed E-state index contributed by atoms with van der Waals surface area (Å²) in [6.45, 7) is 0.283. The molecule has 3 N–H and O–H groups in total. The number of hydrogen-bond donors (Lipinski definition) is 3. The Morgan fingerprint density at radius 2 is 2.10 bits per heavy atom. The lowest BCUT2D eigenvalue weighted by molar-refractivity contribution is 0.0696. The molecule has 0 saturated heterocycles. The van der Waals surface area contributed by atoms with Crippen LogP contribution in [0.15, 0.2) is 45.9 Å². The summed E-state index contributed by atoms with van der Waals surface area (Å²) >= 11 is 0. The van der Waals surface area contributed by atoms with E-state index in [-0.39, 0.29) is 17.0 Å². The fourth-order valence-electron chi connectivity index (χ4n) is 1.73. The minimum atomic E-state index is -3.78. The molecule has 0 bridgehead atoms. The normalized spacial score (nSPS) is 11.3. The molecule has 0 aliphatic carbocycles. The Bertz CT molecular complexity index is 738. The van der Waals surface area contributed by atoms with E-state index in [1.54, 1.807) is 12.1 Å². The summed E-state index contributed by atoms with van der Waals surface area (Å²) in [6, 6.07) is 7.32. The number of carbonyl (C=O) groups is 1. The maximum absolute atomic E-state index is 12.0. The zero-order valence-corrected chi connectivity index (χ0v) is 12.0. The highest BCUT2D eigenvalue weighted by atomic mass is 32.2. The first kappa shape index (κ1) is 15.1. The molecule has 0 spiro atoms. The molecule has 1 heterocycles. The third-order valence-electron chi connectivity index (χ3n) is 2.82. The summed E-state index contributed by atoms with van der Waals surface area (Å²) in [5.74, 6) is -0.565. The summed E-state index contributed by atoms with van der Waals surface area (Å²) < 4.78 is 31.3. The SMILES string of the molecule is CNS(=O)(=O)c1cc(C(=O)O)ccc1NCc1ccco1. The molecule has 7 nitrogen and oxygen atoms in total. The second-order valence-corrected chi connectivity index (χ2v) is 6.01. The summed E-state index contributed by atoms with van der Waals surface area (Å²) in [6.07, 6.45) is 1.51. The van der Waals surface area contributed by atoms with Crippen molar-refractivity contribution < 1.29 is 22.7 Å². The highest BCUT2D eigenvalue weighted by molar-refractivity contribution is 7.89. The highest BCUT2D eigenvalue weighted by Crippen LogP contribution is 2.23. The lowest BCUT2D eigenvalue weighted by atomic mass is 10.2. The van der Waals surface area contributed by atoms with Crippen LogP contribution in [0.5, 0.6) is 0 Å². The molecule has 0 atom stereocenters. The van der Waals surface area contributed by atoms with Gasteiger partial charge in [-0.15, -0.1) is 0 Å². The number of carboxylic acid groups (broad SMARTS) is 1.